The molecule has 1 aromatic heterocycles. The van der Waals surface area contributed by atoms with Crippen molar-refractivity contribution in [3.05, 3.63) is 30.7 Å². The smallest absolute Gasteiger partial charge is 0.247 e. The van der Waals surface area contributed by atoms with Gasteiger partial charge in [0.15, 0.2) is 0 Å². The van der Waals surface area contributed by atoms with Crippen molar-refractivity contribution in [2.75, 3.05) is 18.4 Å². The Balaban J connectivity index is 1.69. The Morgan fingerprint density at radius 3 is 2.62 bits per heavy atom. The van der Waals surface area contributed by atoms with Crippen molar-refractivity contribution >= 4 is 11.6 Å². The van der Waals surface area contributed by atoms with Crippen LogP contribution in [-0.4, -0.2) is 29.2 Å². The molecule has 6 nitrogen and oxygen atoms in total. The van der Waals surface area contributed by atoms with Crippen LogP contribution in [0.4, 0.5) is 5.69 Å². The van der Waals surface area contributed by atoms with Gasteiger partial charge in [0.1, 0.15) is 0 Å². The number of benzene rings is 1. The molecular formula is C15H18N4O2. The summed E-state index contributed by atoms with van der Waals surface area (Å²) in [5.74, 6) is 0.549. The van der Waals surface area contributed by atoms with E-state index >= 15 is 0 Å². The summed E-state index contributed by atoms with van der Waals surface area (Å²) in [6, 6.07) is 7.41. The molecule has 0 saturated carbocycles. The van der Waals surface area contributed by atoms with Gasteiger partial charge in [-0.15, -0.1) is 10.2 Å². The molecule has 1 amide bonds. The first kappa shape index (κ1) is 13.8. The monoisotopic (exact) mass is 286 g/mol. The van der Waals surface area contributed by atoms with E-state index in [0.29, 0.717) is 5.89 Å². The van der Waals surface area contributed by atoms with Crippen LogP contribution in [0.3, 0.4) is 0 Å². The van der Waals surface area contributed by atoms with E-state index in [0.717, 1.165) is 37.2 Å². The number of nitrogens with one attached hydrogen (secondary N) is 2. The second-order valence-electron chi connectivity index (χ2n) is 5.59. The molecule has 0 radical (unpaired) electrons. The predicted octanol–water partition coefficient (Wildman–Crippen LogP) is 2.06. The van der Waals surface area contributed by atoms with Crippen molar-refractivity contribution in [3.63, 3.8) is 0 Å². The molecule has 6 heteroatoms. The molecule has 2 N–H and O–H groups in total. The highest BCUT2D eigenvalue weighted by atomic mass is 16.4. The zero-order valence-electron chi connectivity index (χ0n) is 11.9. The van der Waals surface area contributed by atoms with Gasteiger partial charge in [0, 0.05) is 16.7 Å². The van der Waals surface area contributed by atoms with Gasteiger partial charge in [0.2, 0.25) is 18.2 Å². The van der Waals surface area contributed by atoms with Crippen LogP contribution in [0.2, 0.25) is 0 Å². The van der Waals surface area contributed by atoms with Gasteiger partial charge >= 0.3 is 0 Å². The first-order valence-corrected chi connectivity index (χ1v) is 7.06. The van der Waals surface area contributed by atoms with Crippen LogP contribution in [0.25, 0.3) is 11.5 Å². The molecule has 0 bridgehead atoms. The number of rotatable bonds is 3. The molecular weight excluding hydrogens is 268 g/mol. The van der Waals surface area contributed by atoms with Gasteiger partial charge in [0.05, 0.1) is 0 Å². The van der Waals surface area contributed by atoms with Gasteiger partial charge in [0.25, 0.3) is 0 Å². The number of piperidine rings is 1. The molecule has 0 atom stereocenters. The number of hydrogen-bond acceptors (Lipinski definition) is 5. The number of hydrogen-bond donors (Lipinski definition) is 2. The van der Waals surface area contributed by atoms with Crippen LogP contribution in [0.1, 0.15) is 19.8 Å². The third-order valence-electron chi connectivity index (χ3n) is 4.01. The predicted molar refractivity (Wildman–Crippen MR) is 78.6 cm³/mol. The van der Waals surface area contributed by atoms with E-state index in [9.17, 15) is 4.79 Å². The van der Waals surface area contributed by atoms with Crippen LogP contribution < -0.4 is 10.6 Å². The number of aromatic nitrogens is 2. The number of carbonyl (C=O) groups is 1. The minimum Gasteiger partial charge on any atom is -0.423 e. The SMILES string of the molecule is CC1(C(=O)Nc2ccc(-c3nnco3)cc2)CCNCC1. The molecule has 2 heterocycles. The molecule has 1 fully saturated rings. The maximum Gasteiger partial charge on any atom is 0.247 e. The summed E-state index contributed by atoms with van der Waals surface area (Å²) < 4.78 is 5.14. The van der Waals surface area contributed by atoms with E-state index in [-0.39, 0.29) is 11.3 Å². The molecule has 1 saturated heterocycles. The molecule has 1 aromatic carbocycles. The molecule has 0 unspecified atom stereocenters. The van der Waals surface area contributed by atoms with Gasteiger partial charge in [-0.3, -0.25) is 4.79 Å². The molecule has 2 aromatic rings. The van der Waals surface area contributed by atoms with Crippen LogP contribution in [0, 0.1) is 5.41 Å². The van der Waals surface area contributed by atoms with Gasteiger partial charge < -0.3 is 15.1 Å². The highest BCUT2D eigenvalue weighted by Crippen LogP contribution is 2.29. The zero-order chi connectivity index (χ0) is 14.7. The Morgan fingerprint density at radius 1 is 1.29 bits per heavy atom. The van der Waals surface area contributed by atoms with E-state index in [2.05, 4.69) is 20.8 Å². The molecule has 0 aliphatic carbocycles. The number of anilines is 1. The Bertz CT molecular complexity index is 601. The van der Waals surface area contributed by atoms with Crippen molar-refractivity contribution in [1.82, 2.24) is 15.5 Å². The third kappa shape index (κ3) is 2.95. The van der Waals surface area contributed by atoms with Crippen molar-refractivity contribution in [2.45, 2.75) is 19.8 Å². The van der Waals surface area contributed by atoms with Crippen LogP contribution in [-0.2, 0) is 4.79 Å². The maximum atomic E-state index is 12.4. The number of carbonyl (C=O) groups excluding carboxylic acids is 1. The molecule has 1 aliphatic rings. The van der Waals surface area contributed by atoms with Gasteiger partial charge in [-0.25, -0.2) is 0 Å². The Hall–Kier alpha value is -2.21. The largest absolute Gasteiger partial charge is 0.423 e. The van der Waals surface area contributed by atoms with Gasteiger partial charge in [-0.05, 0) is 50.2 Å². The van der Waals surface area contributed by atoms with Crippen LogP contribution in [0.15, 0.2) is 35.1 Å². The molecule has 1 aliphatic heterocycles. The Kier molecular flexibility index (Phi) is 3.70. The van der Waals surface area contributed by atoms with E-state index < -0.39 is 0 Å². The summed E-state index contributed by atoms with van der Waals surface area (Å²) in [4.78, 5) is 12.4. The second-order valence-corrected chi connectivity index (χ2v) is 5.59. The van der Waals surface area contributed by atoms with Crippen LogP contribution >= 0.6 is 0 Å². The molecule has 0 spiro atoms. The average Bonchev–Trinajstić information content (AvgIpc) is 3.03. The summed E-state index contributed by atoms with van der Waals surface area (Å²) in [6.07, 6.45) is 3.01. The summed E-state index contributed by atoms with van der Waals surface area (Å²) in [5, 5.41) is 13.8. The summed E-state index contributed by atoms with van der Waals surface area (Å²) in [7, 11) is 0. The lowest BCUT2D eigenvalue weighted by Gasteiger charge is -2.32. The van der Waals surface area contributed by atoms with E-state index in [1.165, 1.54) is 6.39 Å². The summed E-state index contributed by atoms with van der Waals surface area (Å²) >= 11 is 0. The fraction of sp³-hybridized carbons (Fsp3) is 0.400. The van der Waals surface area contributed by atoms with Gasteiger partial charge in [-0.1, -0.05) is 6.92 Å². The maximum absolute atomic E-state index is 12.4. The fourth-order valence-electron chi connectivity index (χ4n) is 2.48. The Morgan fingerprint density at radius 2 is 2.00 bits per heavy atom. The molecule has 3 rings (SSSR count). The lowest BCUT2D eigenvalue weighted by molar-refractivity contribution is -0.126. The minimum atomic E-state index is -0.295. The van der Waals surface area contributed by atoms with Crippen molar-refractivity contribution in [3.8, 4) is 11.5 Å². The molecule has 110 valence electrons. The lowest BCUT2D eigenvalue weighted by atomic mass is 9.80. The summed E-state index contributed by atoms with van der Waals surface area (Å²) in [5.41, 5.74) is 1.32. The van der Waals surface area contributed by atoms with Crippen molar-refractivity contribution in [1.29, 1.82) is 0 Å². The van der Waals surface area contributed by atoms with E-state index in [1.54, 1.807) is 0 Å². The fourth-order valence-corrected chi connectivity index (χ4v) is 2.48. The first-order valence-electron chi connectivity index (χ1n) is 7.06. The van der Waals surface area contributed by atoms with E-state index in [1.807, 2.05) is 31.2 Å². The average molecular weight is 286 g/mol. The zero-order valence-corrected chi connectivity index (χ0v) is 11.9. The highest BCUT2D eigenvalue weighted by molar-refractivity contribution is 5.95. The van der Waals surface area contributed by atoms with Gasteiger partial charge in [-0.2, -0.15) is 0 Å². The second kappa shape index (κ2) is 5.65. The third-order valence-corrected chi connectivity index (χ3v) is 4.01. The normalized spacial score (nSPS) is 17.4. The van der Waals surface area contributed by atoms with Crippen LogP contribution in [0.5, 0.6) is 0 Å². The first-order chi connectivity index (χ1) is 10.2. The number of amides is 1. The summed E-state index contributed by atoms with van der Waals surface area (Å²) in [6.45, 7) is 3.80. The van der Waals surface area contributed by atoms with Crippen molar-refractivity contribution in [2.24, 2.45) is 5.41 Å². The standard InChI is InChI=1S/C15H18N4O2/c1-15(6-8-16-9-7-15)14(20)18-12-4-2-11(3-5-12)13-19-17-10-21-13/h2-5,10,16H,6-9H2,1H3,(H,18,20). The highest BCUT2D eigenvalue weighted by Gasteiger charge is 2.34. The van der Waals surface area contributed by atoms with Crippen molar-refractivity contribution < 1.29 is 9.21 Å². The topological polar surface area (TPSA) is 80.1 Å². The quantitative estimate of drug-likeness (QED) is 0.902. The lowest BCUT2D eigenvalue weighted by Crippen LogP contribution is -2.42. The molecule has 21 heavy (non-hydrogen) atoms. The van der Waals surface area contributed by atoms with E-state index in [4.69, 9.17) is 4.42 Å². The Labute approximate surface area is 123 Å². The number of nitrogens with zero attached hydrogens (tertiary/aromatic N) is 2. The minimum absolute atomic E-state index is 0.0783.